The zero-order valence-electron chi connectivity index (χ0n) is 8.24. The van der Waals surface area contributed by atoms with E-state index in [1.807, 2.05) is 6.20 Å². The third-order valence-electron chi connectivity index (χ3n) is 2.81. The summed E-state index contributed by atoms with van der Waals surface area (Å²) in [6.07, 6.45) is 7.52. The number of aromatic nitrogens is 2. The van der Waals surface area contributed by atoms with Crippen molar-refractivity contribution < 1.29 is 5.11 Å². The number of nitrogens with one attached hydrogen (secondary N) is 2. The average Bonchev–Trinajstić information content (AvgIpc) is 2.70. The molecule has 0 bridgehead atoms. The predicted octanol–water partition coefficient (Wildman–Crippen LogP) is 0.803. The smallest absolute Gasteiger partial charge is 0.120 e. The molecule has 0 aliphatic heterocycles. The monoisotopic (exact) mass is 195 g/mol. The number of H-pyrrole nitrogens is 1. The van der Waals surface area contributed by atoms with E-state index < -0.39 is 0 Å². The van der Waals surface area contributed by atoms with Gasteiger partial charge in [-0.1, -0.05) is 0 Å². The van der Waals surface area contributed by atoms with Gasteiger partial charge in [-0.3, -0.25) is 0 Å². The van der Waals surface area contributed by atoms with E-state index >= 15 is 0 Å². The van der Waals surface area contributed by atoms with E-state index in [0.29, 0.717) is 6.04 Å². The molecular weight excluding hydrogens is 178 g/mol. The fourth-order valence-electron chi connectivity index (χ4n) is 1.92. The molecule has 1 saturated carbocycles. The molecule has 1 heterocycles. The number of imidazole rings is 1. The molecule has 0 saturated heterocycles. The van der Waals surface area contributed by atoms with Crippen molar-refractivity contribution in [1.82, 2.24) is 15.3 Å². The minimum absolute atomic E-state index is 0.0725. The van der Waals surface area contributed by atoms with E-state index in [1.165, 1.54) is 0 Å². The Morgan fingerprint density at radius 1 is 1.43 bits per heavy atom. The van der Waals surface area contributed by atoms with Crippen LogP contribution in [0.1, 0.15) is 31.5 Å². The summed E-state index contributed by atoms with van der Waals surface area (Å²) in [7, 11) is 0. The fourth-order valence-corrected chi connectivity index (χ4v) is 1.92. The Hall–Kier alpha value is -0.870. The lowest BCUT2D eigenvalue weighted by Crippen LogP contribution is -2.34. The molecule has 0 amide bonds. The Labute approximate surface area is 83.8 Å². The minimum Gasteiger partial charge on any atom is -0.393 e. The molecule has 0 radical (unpaired) electrons. The zero-order chi connectivity index (χ0) is 9.80. The summed E-state index contributed by atoms with van der Waals surface area (Å²) < 4.78 is 0. The van der Waals surface area contributed by atoms with Crippen LogP contribution in [-0.2, 0) is 6.54 Å². The first-order valence-corrected chi connectivity index (χ1v) is 5.24. The Morgan fingerprint density at radius 3 is 2.86 bits per heavy atom. The van der Waals surface area contributed by atoms with Crippen LogP contribution in [0.3, 0.4) is 0 Å². The Balaban J connectivity index is 1.71. The second kappa shape index (κ2) is 4.57. The lowest BCUT2D eigenvalue weighted by Gasteiger charge is -2.25. The highest BCUT2D eigenvalue weighted by molar-refractivity contribution is 4.87. The van der Waals surface area contributed by atoms with Gasteiger partial charge in [-0.05, 0) is 25.7 Å². The van der Waals surface area contributed by atoms with Crippen molar-refractivity contribution in [2.45, 2.75) is 44.4 Å². The van der Waals surface area contributed by atoms with Crippen LogP contribution in [0.15, 0.2) is 12.4 Å². The molecule has 0 unspecified atom stereocenters. The lowest BCUT2D eigenvalue weighted by atomic mass is 9.93. The summed E-state index contributed by atoms with van der Waals surface area (Å²) in [6.45, 7) is 0.799. The van der Waals surface area contributed by atoms with E-state index in [-0.39, 0.29) is 6.10 Å². The minimum atomic E-state index is -0.0725. The second-order valence-corrected chi connectivity index (χ2v) is 3.92. The van der Waals surface area contributed by atoms with Crippen molar-refractivity contribution in [3.63, 3.8) is 0 Å². The van der Waals surface area contributed by atoms with Crippen LogP contribution in [0, 0.1) is 0 Å². The molecule has 14 heavy (non-hydrogen) atoms. The Morgan fingerprint density at radius 2 is 2.21 bits per heavy atom. The van der Waals surface area contributed by atoms with Gasteiger partial charge in [0.1, 0.15) is 5.82 Å². The van der Waals surface area contributed by atoms with Gasteiger partial charge in [-0.2, -0.15) is 0 Å². The normalized spacial score (nSPS) is 27.8. The van der Waals surface area contributed by atoms with Crippen molar-refractivity contribution >= 4 is 0 Å². The maximum atomic E-state index is 9.33. The summed E-state index contributed by atoms with van der Waals surface area (Å²) in [6, 6.07) is 0.545. The van der Waals surface area contributed by atoms with Crippen molar-refractivity contribution in [2.24, 2.45) is 0 Å². The van der Waals surface area contributed by atoms with E-state index in [1.54, 1.807) is 6.20 Å². The highest BCUT2D eigenvalue weighted by atomic mass is 16.3. The second-order valence-electron chi connectivity index (χ2n) is 3.92. The first-order chi connectivity index (χ1) is 6.84. The summed E-state index contributed by atoms with van der Waals surface area (Å²) >= 11 is 0. The number of hydrogen-bond donors (Lipinski definition) is 3. The van der Waals surface area contributed by atoms with Gasteiger partial charge < -0.3 is 15.4 Å². The van der Waals surface area contributed by atoms with E-state index in [9.17, 15) is 5.11 Å². The third kappa shape index (κ3) is 2.56. The third-order valence-corrected chi connectivity index (χ3v) is 2.81. The van der Waals surface area contributed by atoms with Crippen molar-refractivity contribution in [3.05, 3.63) is 18.2 Å². The van der Waals surface area contributed by atoms with Gasteiger partial charge in [-0.15, -0.1) is 0 Å². The van der Waals surface area contributed by atoms with Gasteiger partial charge >= 0.3 is 0 Å². The summed E-state index contributed by atoms with van der Waals surface area (Å²) in [5.41, 5.74) is 0. The van der Waals surface area contributed by atoms with Crippen LogP contribution in [0.5, 0.6) is 0 Å². The fraction of sp³-hybridized carbons (Fsp3) is 0.700. The maximum absolute atomic E-state index is 9.33. The van der Waals surface area contributed by atoms with Gasteiger partial charge in [0.25, 0.3) is 0 Å². The molecule has 78 valence electrons. The van der Waals surface area contributed by atoms with E-state index in [2.05, 4.69) is 15.3 Å². The number of nitrogens with zero attached hydrogens (tertiary/aromatic N) is 1. The summed E-state index contributed by atoms with van der Waals surface area (Å²) in [5.74, 6) is 0.983. The van der Waals surface area contributed by atoms with Crippen LogP contribution >= 0.6 is 0 Å². The number of aliphatic hydroxyl groups is 1. The van der Waals surface area contributed by atoms with Gasteiger partial charge in [0.05, 0.1) is 12.6 Å². The predicted molar refractivity (Wildman–Crippen MR) is 53.7 cm³/mol. The van der Waals surface area contributed by atoms with Crippen LogP contribution in [0.25, 0.3) is 0 Å². The molecule has 1 aliphatic carbocycles. The van der Waals surface area contributed by atoms with Crippen LogP contribution < -0.4 is 5.32 Å². The molecule has 4 heteroatoms. The molecule has 1 fully saturated rings. The SMILES string of the molecule is OC1CCC(NCc2ncc[nH]2)CC1. The average molecular weight is 195 g/mol. The quantitative estimate of drug-likeness (QED) is 0.668. The Kier molecular flexibility index (Phi) is 3.16. The number of rotatable bonds is 3. The van der Waals surface area contributed by atoms with Gasteiger partial charge in [0.15, 0.2) is 0 Å². The van der Waals surface area contributed by atoms with Crippen molar-refractivity contribution in [2.75, 3.05) is 0 Å². The number of aliphatic hydroxyl groups excluding tert-OH is 1. The maximum Gasteiger partial charge on any atom is 0.120 e. The molecule has 1 aromatic heterocycles. The molecular formula is C10H17N3O. The summed E-state index contributed by atoms with van der Waals surface area (Å²) in [4.78, 5) is 7.21. The first kappa shape index (κ1) is 9.68. The van der Waals surface area contributed by atoms with Crippen molar-refractivity contribution in [3.8, 4) is 0 Å². The standard InChI is InChI=1S/C10H17N3O/c14-9-3-1-8(2-4-9)13-7-10-11-5-6-12-10/h5-6,8-9,13-14H,1-4,7H2,(H,11,12). The zero-order valence-corrected chi connectivity index (χ0v) is 8.24. The lowest BCUT2D eigenvalue weighted by molar-refractivity contribution is 0.116. The first-order valence-electron chi connectivity index (χ1n) is 5.24. The highest BCUT2D eigenvalue weighted by Crippen LogP contribution is 2.18. The molecule has 0 spiro atoms. The van der Waals surface area contributed by atoms with E-state index in [0.717, 1.165) is 38.1 Å². The topological polar surface area (TPSA) is 60.9 Å². The molecule has 0 aromatic carbocycles. The van der Waals surface area contributed by atoms with Gasteiger partial charge in [0, 0.05) is 18.4 Å². The van der Waals surface area contributed by atoms with Crippen molar-refractivity contribution in [1.29, 1.82) is 0 Å². The van der Waals surface area contributed by atoms with Crippen LogP contribution in [-0.4, -0.2) is 27.2 Å². The molecule has 2 rings (SSSR count). The highest BCUT2D eigenvalue weighted by Gasteiger charge is 2.18. The largest absolute Gasteiger partial charge is 0.393 e. The van der Waals surface area contributed by atoms with Crippen LogP contribution in [0.2, 0.25) is 0 Å². The number of hydrogen-bond acceptors (Lipinski definition) is 3. The van der Waals surface area contributed by atoms with Gasteiger partial charge in [-0.25, -0.2) is 4.98 Å². The van der Waals surface area contributed by atoms with E-state index in [4.69, 9.17) is 0 Å². The van der Waals surface area contributed by atoms with Crippen LogP contribution in [0.4, 0.5) is 0 Å². The molecule has 1 aliphatic rings. The molecule has 1 aromatic rings. The molecule has 0 atom stereocenters. The number of aromatic amines is 1. The Bertz CT molecular complexity index is 252. The summed E-state index contributed by atoms with van der Waals surface area (Å²) in [5, 5.41) is 12.8. The van der Waals surface area contributed by atoms with Gasteiger partial charge in [0.2, 0.25) is 0 Å². The molecule has 4 nitrogen and oxygen atoms in total. The molecule has 3 N–H and O–H groups in total.